The van der Waals surface area contributed by atoms with Gasteiger partial charge in [-0.1, -0.05) is 36.4 Å². The van der Waals surface area contributed by atoms with Gasteiger partial charge in [-0.25, -0.2) is 14.8 Å². The lowest BCUT2D eigenvalue weighted by molar-refractivity contribution is -0.121. The number of nitrogens with zero attached hydrogens (tertiary/aromatic N) is 3. The summed E-state index contributed by atoms with van der Waals surface area (Å²) in [6, 6.07) is 14.2. The third-order valence-corrected chi connectivity index (χ3v) is 7.28. The Morgan fingerprint density at radius 2 is 1.77 bits per heavy atom. The summed E-state index contributed by atoms with van der Waals surface area (Å²) in [4.78, 5) is 52.0. The van der Waals surface area contributed by atoms with E-state index in [4.69, 9.17) is 21.3 Å². The van der Waals surface area contributed by atoms with Crippen molar-refractivity contribution < 1.29 is 19.1 Å². The number of fused-ring (bicyclic) bond motifs is 1. The number of hydrogen-bond donors (Lipinski definition) is 4. The van der Waals surface area contributed by atoms with Crippen molar-refractivity contribution in [2.45, 2.75) is 38.8 Å². The van der Waals surface area contributed by atoms with Gasteiger partial charge in [-0.3, -0.25) is 9.59 Å². The number of nitrogens with one attached hydrogen (secondary N) is 4. The Morgan fingerprint density at radius 1 is 1.07 bits per heavy atom. The lowest BCUT2D eigenvalue weighted by atomic mass is 9.93. The predicted octanol–water partition coefficient (Wildman–Crippen LogP) is 6.08. The van der Waals surface area contributed by atoms with Crippen LogP contribution in [0.2, 0.25) is 5.02 Å². The number of H-pyrrole nitrogens is 1. The van der Waals surface area contributed by atoms with Gasteiger partial charge in [0.25, 0.3) is 0 Å². The van der Waals surface area contributed by atoms with Crippen LogP contribution in [0.1, 0.15) is 27.2 Å². The number of amides is 3. The Labute approximate surface area is 260 Å². The summed E-state index contributed by atoms with van der Waals surface area (Å²) >= 11 is 6.53. The van der Waals surface area contributed by atoms with E-state index in [0.717, 1.165) is 16.5 Å². The summed E-state index contributed by atoms with van der Waals surface area (Å²) in [5, 5.41) is 10.3. The number of aromatic amines is 1. The normalized spacial score (nSPS) is 16.7. The zero-order valence-electron chi connectivity index (χ0n) is 24.7. The van der Waals surface area contributed by atoms with E-state index >= 15 is 0 Å². The molecule has 228 valence electrons. The Morgan fingerprint density at radius 3 is 2.48 bits per heavy atom. The highest BCUT2D eigenvalue weighted by atomic mass is 35.5. The van der Waals surface area contributed by atoms with Crippen molar-refractivity contribution in [3.8, 4) is 11.3 Å². The van der Waals surface area contributed by atoms with Gasteiger partial charge in [0.05, 0.1) is 22.8 Å². The summed E-state index contributed by atoms with van der Waals surface area (Å²) in [6.45, 7) is 9.28. The Bertz CT molecular complexity index is 1700. The van der Waals surface area contributed by atoms with E-state index < -0.39 is 17.6 Å². The third-order valence-electron chi connectivity index (χ3n) is 7.00. The van der Waals surface area contributed by atoms with Crippen molar-refractivity contribution in [2.24, 2.45) is 5.92 Å². The standard InChI is InChI=1S/C32H34ClN7O4/c1-5-27(41)36-20-10-12-21(13-11-20)37-29(42)19-14-22(18-40(17-19)31(43)44-32(2,3)4)38-30-35-16-25(33)28(39-30)24-15-34-26-9-7-6-8-23(24)26/h5-13,15-16,19,22,34H,1,14,17-18H2,2-4H3,(H,36,41)(H,37,42)(H,35,38,39)/t19?,22-/m1/s1. The first-order chi connectivity index (χ1) is 21.0. The van der Waals surface area contributed by atoms with Gasteiger partial charge in [-0.15, -0.1) is 0 Å². The largest absolute Gasteiger partial charge is 0.444 e. The number of benzene rings is 2. The van der Waals surface area contributed by atoms with Gasteiger partial charge in [-0.05, 0) is 63.6 Å². The maximum absolute atomic E-state index is 13.5. The minimum atomic E-state index is -0.703. The molecule has 3 amide bonds. The van der Waals surface area contributed by atoms with Crippen LogP contribution < -0.4 is 16.0 Å². The predicted molar refractivity (Wildman–Crippen MR) is 172 cm³/mol. The minimum absolute atomic E-state index is 0.175. The number of halogens is 1. The van der Waals surface area contributed by atoms with Crippen LogP contribution in [0.25, 0.3) is 22.2 Å². The summed E-state index contributed by atoms with van der Waals surface area (Å²) < 4.78 is 5.63. The number of likely N-dealkylation sites (tertiary alicyclic amines) is 1. The molecule has 12 heteroatoms. The summed E-state index contributed by atoms with van der Waals surface area (Å²) in [5.41, 5.74) is 2.77. The minimum Gasteiger partial charge on any atom is -0.444 e. The molecule has 1 fully saturated rings. The Hall–Kier alpha value is -4.90. The van der Waals surface area contributed by atoms with Crippen LogP contribution in [0.15, 0.2) is 73.6 Å². The van der Waals surface area contributed by atoms with E-state index in [9.17, 15) is 14.4 Å². The Balaban J connectivity index is 1.35. The molecular weight excluding hydrogens is 582 g/mol. The van der Waals surface area contributed by atoms with Crippen LogP contribution >= 0.6 is 11.6 Å². The number of para-hydroxylation sites is 1. The van der Waals surface area contributed by atoms with Crippen molar-refractivity contribution >= 4 is 57.7 Å². The number of carbonyl (C=O) groups is 3. The van der Waals surface area contributed by atoms with Crippen LogP contribution in [0, 0.1) is 5.92 Å². The zero-order chi connectivity index (χ0) is 31.4. The molecule has 4 N–H and O–H groups in total. The summed E-state index contributed by atoms with van der Waals surface area (Å²) in [5.74, 6) is -0.830. The number of aromatic nitrogens is 3. The number of piperidine rings is 1. The molecule has 2 aromatic carbocycles. The molecule has 0 saturated carbocycles. The van der Waals surface area contributed by atoms with E-state index in [-0.39, 0.29) is 30.9 Å². The second-order valence-electron chi connectivity index (χ2n) is 11.6. The molecule has 2 atom stereocenters. The number of rotatable bonds is 7. The van der Waals surface area contributed by atoms with Gasteiger partial charge in [0.1, 0.15) is 5.60 Å². The van der Waals surface area contributed by atoms with E-state index in [0.29, 0.717) is 34.5 Å². The molecule has 1 aliphatic rings. The van der Waals surface area contributed by atoms with Gasteiger partial charge in [0, 0.05) is 53.2 Å². The topological polar surface area (TPSA) is 141 Å². The number of carbonyl (C=O) groups excluding carboxylic acids is 3. The van der Waals surface area contributed by atoms with Crippen LogP contribution in [-0.4, -0.2) is 62.5 Å². The number of anilines is 3. The molecule has 4 aromatic rings. The lowest BCUT2D eigenvalue weighted by Crippen LogP contribution is -2.52. The lowest BCUT2D eigenvalue weighted by Gasteiger charge is -2.38. The molecule has 11 nitrogen and oxygen atoms in total. The molecule has 0 aliphatic carbocycles. The molecule has 0 radical (unpaired) electrons. The highest BCUT2D eigenvalue weighted by Crippen LogP contribution is 2.33. The SMILES string of the molecule is C=CC(=O)Nc1ccc(NC(=O)C2C[C@@H](Nc3ncc(Cl)c(-c4c[nH]c5ccccc45)n3)CN(C(=O)OC(C)(C)C)C2)cc1. The number of hydrogen-bond acceptors (Lipinski definition) is 7. The van der Waals surface area contributed by atoms with Gasteiger partial charge < -0.3 is 30.6 Å². The molecule has 3 heterocycles. The number of ether oxygens (including phenoxy) is 1. The van der Waals surface area contributed by atoms with Crippen LogP contribution in [0.3, 0.4) is 0 Å². The van der Waals surface area contributed by atoms with Crippen molar-refractivity contribution in [3.05, 3.63) is 78.6 Å². The highest BCUT2D eigenvalue weighted by Gasteiger charge is 2.36. The van der Waals surface area contributed by atoms with Crippen molar-refractivity contribution in [1.82, 2.24) is 19.9 Å². The van der Waals surface area contributed by atoms with Gasteiger partial charge in [0.15, 0.2) is 0 Å². The summed E-state index contributed by atoms with van der Waals surface area (Å²) in [7, 11) is 0. The average molecular weight is 616 g/mol. The Kier molecular flexibility index (Phi) is 8.86. The average Bonchev–Trinajstić information content (AvgIpc) is 3.42. The smallest absolute Gasteiger partial charge is 0.410 e. The third kappa shape index (κ3) is 7.35. The molecule has 0 spiro atoms. The van der Waals surface area contributed by atoms with E-state index in [1.54, 1.807) is 45.0 Å². The highest BCUT2D eigenvalue weighted by molar-refractivity contribution is 6.33. The zero-order valence-corrected chi connectivity index (χ0v) is 25.4. The fourth-order valence-electron chi connectivity index (χ4n) is 5.02. The second-order valence-corrected chi connectivity index (χ2v) is 12.0. The maximum Gasteiger partial charge on any atom is 0.410 e. The molecule has 1 saturated heterocycles. The van der Waals surface area contributed by atoms with E-state index in [2.05, 4.69) is 32.5 Å². The molecule has 2 aromatic heterocycles. The van der Waals surface area contributed by atoms with Crippen LogP contribution in [-0.2, 0) is 14.3 Å². The first kappa shape index (κ1) is 30.6. The van der Waals surface area contributed by atoms with Gasteiger partial charge in [0.2, 0.25) is 17.8 Å². The van der Waals surface area contributed by atoms with Gasteiger partial charge in [-0.2, -0.15) is 0 Å². The van der Waals surface area contributed by atoms with Crippen LogP contribution in [0.4, 0.5) is 22.1 Å². The second kappa shape index (κ2) is 12.8. The van der Waals surface area contributed by atoms with E-state index in [1.165, 1.54) is 17.2 Å². The molecule has 1 aliphatic heterocycles. The van der Waals surface area contributed by atoms with E-state index in [1.807, 2.05) is 30.5 Å². The molecular formula is C32H34ClN7O4. The monoisotopic (exact) mass is 615 g/mol. The fraction of sp³-hybridized carbons (Fsp3) is 0.281. The molecule has 0 bridgehead atoms. The van der Waals surface area contributed by atoms with Crippen molar-refractivity contribution in [2.75, 3.05) is 29.0 Å². The van der Waals surface area contributed by atoms with Crippen LogP contribution in [0.5, 0.6) is 0 Å². The van der Waals surface area contributed by atoms with Crippen molar-refractivity contribution in [1.29, 1.82) is 0 Å². The molecule has 44 heavy (non-hydrogen) atoms. The fourth-order valence-corrected chi connectivity index (χ4v) is 5.21. The van der Waals surface area contributed by atoms with Crippen molar-refractivity contribution in [3.63, 3.8) is 0 Å². The first-order valence-electron chi connectivity index (χ1n) is 14.2. The first-order valence-corrected chi connectivity index (χ1v) is 14.5. The molecule has 5 rings (SSSR count). The summed E-state index contributed by atoms with van der Waals surface area (Å²) in [6.07, 6.45) is 4.47. The quantitative estimate of drug-likeness (QED) is 0.185. The van der Waals surface area contributed by atoms with Gasteiger partial charge >= 0.3 is 6.09 Å². The molecule has 1 unspecified atom stereocenters. The maximum atomic E-state index is 13.5.